The molecule has 36 heavy (non-hydrogen) atoms. The molecular formula is C25H30N8O3. The Kier molecular flexibility index (Phi) is 7.47. The fourth-order valence-corrected chi connectivity index (χ4v) is 4.14. The number of nitrogens with one attached hydrogen (secondary N) is 2. The summed E-state index contributed by atoms with van der Waals surface area (Å²) in [4.78, 5) is 34.6. The molecule has 0 saturated carbocycles. The summed E-state index contributed by atoms with van der Waals surface area (Å²) in [6, 6.07) is 5.72. The highest BCUT2D eigenvalue weighted by Crippen LogP contribution is 2.32. The molecule has 1 aliphatic heterocycles. The van der Waals surface area contributed by atoms with Crippen molar-refractivity contribution < 1.29 is 14.3 Å². The fraction of sp³-hybridized carbons (Fsp3) is 0.320. The maximum atomic E-state index is 12.1. The zero-order chi connectivity index (χ0) is 25.7. The first-order chi connectivity index (χ1) is 17.4. The minimum Gasteiger partial charge on any atom is -0.492 e. The molecule has 0 bridgehead atoms. The smallest absolute Gasteiger partial charge is 0.254 e. The van der Waals surface area contributed by atoms with Crippen LogP contribution in [0.2, 0.25) is 0 Å². The molecule has 3 aromatic rings. The molecule has 4 N–H and O–H groups in total. The van der Waals surface area contributed by atoms with Gasteiger partial charge in [0.05, 0.1) is 30.2 Å². The lowest BCUT2D eigenvalue weighted by molar-refractivity contribution is -0.127. The van der Waals surface area contributed by atoms with E-state index in [1.165, 1.54) is 12.3 Å². The molecule has 188 valence electrons. The summed E-state index contributed by atoms with van der Waals surface area (Å²) in [5.74, 6) is 0.432. The summed E-state index contributed by atoms with van der Waals surface area (Å²) in [7, 11) is 0. The van der Waals surface area contributed by atoms with Crippen molar-refractivity contribution in [3.8, 4) is 5.75 Å². The van der Waals surface area contributed by atoms with E-state index in [4.69, 9.17) is 10.5 Å². The van der Waals surface area contributed by atoms with Crippen molar-refractivity contribution in [1.29, 1.82) is 0 Å². The van der Waals surface area contributed by atoms with Crippen LogP contribution in [0.3, 0.4) is 0 Å². The van der Waals surface area contributed by atoms with Crippen LogP contribution in [0.4, 0.5) is 23.1 Å². The Hall–Kier alpha value is -4.41. The molecule has 1 saturated heterocycles. The average Bonchev–Trinajstić information content (AvgIpc) is 3.34. The van der Waals surface area contributed by atoms with Gasteiger partial charge in [0.15, 0.2) is 0 Å². The zero-order valence-electron chi connectivity index (χ0n) is 20.4. The van der Waals surface area contributed by atoms with Crippen LogP contribution >= 0.6 is 0 Å². The van der Waals surface area contributed by atoms with Crippen LogP contribution in [0.1, 0.15) is 41.7 Å². The first kappa shape index (κ1) is 24.7. The molecule has 1 unspecified atom stereocenters. The second-order valence-corrected chi connectivity index (χ2v) is 8.44. The van der Waals surface area contributed by atoms with Crippen LogP contribution in [-0.2, 0) is 4.79 Å². The first-order valence-corrected chi connectivity index (χ1v) is 11.8. The number of primary amides is 1. The molecule has 2 amide bonds. The molecular weight excluding hydrogens is 460 g/mol. The second kappa shape index (κ2) is 10.9. The minimum atomic E-state index is -0.653. The average molecular weight is 491 g/mol. The molecule has 2 aromatic heterocycles. The highest BCUT2D eigenvalue weighted by Gasteiger charge is 2.24. The van der Waals surface area contributed by atoms with Crippen LogP contribution in [0, 0.1) is 6.92 Å². The quantitative estimate of drug-likeness (QED) is 0.388. The normalized spacial score (nSPS) is 15.3. The molecule has 0 aliphatic carbocycles. The van der Waals surface area contributed by atoms with E-state index in [-0.39, 0.29) is 29.3 Å². The maximum absolute atomic E-state index is 12.1. The van der Waals surface area contributed by atoms with E-state index in [0.717, 1.165) is 24.9 Å². The van der Waals surface area contributed by atoms with Gasteiger partial charge in [0, 0.05) is 25.5 Å². The summed E-state index contributed by atoms with van der Waals surface area (Å²) in [6.45, 7) is 9.18. The van der Waals surface area contributed by atoms with Crippen molar-refractivity contribution in [3.05, 3.63) is 60.6 Å². The monoisotopic (exact) mass is 490 g/mol. The number of nitrogens with two attached hydrogens (primary N) is 1. The lowest BCUT2D eigenvalue weighted by atomic mass is 10.1. The molecule has 1 aliphatic rings. The molecule has 1 fully saturated rings. The van der Waals surface area contributed by atoms with Crippen LogP contribution in [0.15, 0.2) is 49.4 Å². The van der Waals surface area contributed by atoms with Crippen LogP contribution < -0.4 is 21.1 Å². The summed E-state index contributed by atoms with van der Waals surface area (Å²) in [6.07, 6.45) is 8.04. The zero-order valence-corrected chi connectivity index (χ0v) is 20.4. The van der Waals surface area contributed by atoms with Crippen LogP contribution in [0.5, 0.6) is 5.75 Å². The number of carbonyl (C=O) groups excluding carboxylic acids is 2. The third-order valence-electron chi connectivity index (χ3n) is 5.95. The number of hydrogen-bond donors (Lipinski definition) is 3. The number of rotatable bonds is 9. The molecule has 11 heteroatoms. The highest BCUT2D eigenvalue weighted by atomic mass is 16.5. The number of amides is 2. The van der Waals surface area contributed by atoms with Gasteiger partial charge < -0.3 is 26.0 Å². The van der Waals surface area contributed by atoms with Crippen molar-refractivity contribution in [1.82, 2.24) is 24.6 Å². The number of ether oxygens (including phenoxy) is 1. The van der Waals surface area contributed by atoms with Crippen molar-refractivity contribution >= 4 is 35.0 Å². The van der Waals surface area contributed by atoms with Gasteiger partial charge >= 0.3 is 0 Å². The van der Waals surface area contributed by atoms with E-state index >= 15 is 0 Å². The number of aryl methyl sites for hydroxylation is 1. The Morgan fingerprint density at radius 3 is 2.89 bits per heavy atom. The van der Waals surface area contributed by atoms with Gasteiger partial charge in [-0.25, -0.2) is 4.98 Å². The topological polar surface area (TPSA) is 140 Å². The number of piperidine rings is 1. The van der Waals surface area contributed by atoms with E-state index in [2.05, 4.69) is 32.3 Å². The second-order valence-electron chi connectivity index (χ2n) is 8.44. The number of anilines is 4. The summed E-state index contributed by atoms with van der Waals surface area (Å²) in [5, 5.41) is 10.8. The minimum absolute atomic E-state index is 0.0617. The van der Waals surface area contributed by atoms with E-state index in [0.29, 0.717) is 30.3 Å². The summed E-state index contributed by atoms with van der Waals surface area (Å²) >= 11 is 0. The molecule has 11 nitrogen and oxygen atoms in total. The Bertz CT molecular complexity index is 1270. The first-order valence-electron chi connectivity index (χ1n) is 11.8. The number of hydrogen-bond acceptors (Lipinski definition) is 8. The lowest BCUT2D eigenvalue weighted by Gasteiger charge is -2.32. The number of carbonyl (C=O) groups is 2. The van der Waals surface area contributed by atoms with Gasteiger partial charge in [0.25, 0.3) is 5.91 Å². The van der Waals surface area contributed by atoms with Gasteiger partial charge in [-0.1, -0.05) is 18.7 Å². The molecule has 3 heterocycles. The van der Waals surface area contributed by atoms with Gasteiger partial charge in [0.2, 0.25) is 11.9 Å². The highest BCUT2D eigenvalue weighted by molar-refractivity contribution is 5.98. The molecule has 0 spiro atoms. The number of para-hydroxylation sites is 1. The third-order valence-corrected chi connectivity index (χ3v) is 5.95. The van der Waals surface area contributed by atoms with Gasteiger partial charge in [-0.2, -0.15) is 10.1 Å². The number of aromatic nitrogens is 4. The van der Waals surface area contributed by atoms with Gasteiger partial charge in [-0.3, -0.25) is 14.3 Å². The predicted molar refractivity (Wildman–Crippen MR) is 137 cm³/mol. The summed E-state index contributed by atoms with van der Waals surface area (Å²) < 4.78 is 7.56. The van der Waals surface area contributed by atoms with E-state index in [1.807, 2.05) is 42.9 Å². The van der Waals surface area contributed by atoms with Gasteiger partial charge in [-0.15, -0.1) is 0 Å². The SMILES string of the molecule is C=CC(=O)N1CCCC(n2cc(Nc3ncc(C(N)=O)c(Nc4c(C)cccc4OCC)n3)cn2)C1. The van der Waals surface area contributed by atoms with Crippen molar-refractivity contribution in [3.63, 3.8) is 0 Å². The number of likely N-dealkylation sites (tertiary alicyclic amines) is 1. The Morgan fingerprint density at radius 1 is 1.31 bits per heavy atom. The van der Waals surface area contributed by atoms with Gasteiger partial charge in [0.1, 0.15) is 17.1 Å². The van der Waals surface area contributed by atoms with E-state index < -0.39 is 5.91 Å². The molecule has 1 atom stereocenters. The Morgan fingerprint density at radius 2 is 2.14 bits per heavy atom. The third kappa shape index (κ3) is 5.45. The largest absolute Gasteiger partial charge is 0.492 e. The van der Waals surface area contributed by atoms with Crippen molar-refractivity contribution in [2.75, 3.05) is 30.3 Å². The van der Waals surface area contributed by atoms with Crippen LogP contribution in [-0.4, -0.2) is 56.2 Å². The summed E-state index contributed by atoms with van der Waals surface area (Å²) in [5.41, 5.74) is 8.01. The fourth-order valence-electron chi connectivity index (χ4n) is 4.14. The molecule has 0 radical (unpaired) electrons. The molecule has 1 aromatic carbocycles. The van der Waals surface area contributed by atoms with Gasteiger partial charge in [-0.05, 0) is 44.4 Å². The van der Waals surface area contributed by atoms with Crippen molar-refractivity contribution in [2.45, 2.75) is 32.7 Å². The van der Waals surface area contributed by atoms with Crippen LogP contribution in [0.25, 0.3) is 0 Å². The molecule has 4 rings (SSSR count). The van der Waals surface area contributed by atoms with Crippen molar-refractivity contribution in [2.24, 2.45) is 5.73 Å². The maximum Gasteiger partial charge on any atom is 0.254 e. The lowest BCUT2D eigenvalue weighted by Crippen LogP contribution is -2.39. The Labute approximate surface area is 209 Å². The Balaban J connectivity index is 1.55. The number of benzene rings is 1. The number of nitrogens with zero attached hydrogens (tertiary/aromatic N) is 5. The van der Waals surface area contributed by atoms with E-state index in [9.17, 15) is 9.59 Å². The predicted octanol–water partition coefficient (Wildman–Crippen LogP) is 3.32. The standard InChI is InChI=1S/C25H30N8O3/c1-4-21(34)32-11-7-9-18(15-32)33-14-17(12-28-33)29-25-27-13-19(23(26)35)24(31-25)30-22-16(3)8-6-10-20(22)36-5-2/h4,6,8,10,12-14,18H,1,5,7,9,11,15H2,2-3H3,(H2,26,35)(H2,27,29,30,31). The van der Waals surface area contributed by atoms with E-state index in [1.54, 1.807) is 11.1 Å².